The molecule has 0 aliphatic carbocycles. The van der Waals surface area contributed by atoms with Gasteiger partial charge in [-0.2, -0.15) is 4.98 Å². The third kappa shape index (κ3) is 4.90. The van der Waals surface area contributed by atoms with Crippen LogP contribution in [-0.2, 0) is 6.54 Å². The standard InChI is InChI=1S/C17H24N2O2/c1-12(2)9-18-10-15-11-20-17(19-15)21-16-7-5-14(6-8-16)13(3)4/h5-8,11-13,18H,9-10H2,1-4H3. The zero-order valence-corrected chi connectivity index (χ0v) is 13.2. The van der Waals surface area contributed by atoms with Crippen LogP contribution in [0.4, 0.5) is 0 Å². The van der Waals surface area contributed by atoms with Crippen LogP contribution in [0, 0.1) is 5.92 Å². The lowest BCUT2D eigenvalue weighted by molar-refractivity contribution is 0.330. The largest absolute Gasteiger partial charge is 0.417 e. The molecule has 4 nitrogen and oxygen atoms in total. The second kappa shape index (κ2) is 7.27. The maximum atomic E-state index is 5.62. The maximum absolute atomic E-state index is 5.62. The van der Waals surface area contributed by atoms with Crippen LogP contribution < -0.4 is 10.1 Å². The van der Waals surface area contributed by atoms with Gasteiger partial charge >= 0.3 is 6.08 Å². The lowest BCUT2D eigenvalue weighted by Crippen LogP contribution is -2.19. The number of ether oxygens (including phenoxy) is 1. The summed E-state index contributed by atoms with van der Waals surface area (Å²) in [6.45, 7) is 10.3. The number of oxazole rings is 1. The molecule has 0 aliphatic heterocycles. The maximum Gasteiger partial charge on any atom is 0.399 e. The second-order valence-electron chi connectivity index (χ2n) is 5.96. The summed E-state index contributed by atoms with van der Waals surface area (Å²) in [4.78, 5) is 4.31. The van der Waals surface area contributed by atoms with Crippen LogP contribution in [0.15, 0.2) is 34.9 Å². The highest BCUT2D eigenvalue weighted by molar-refractivity contribution is 5.30. The molecule has 0 spiro atoms. The van der Waals surface area contributed by atoms with Gasteiger partial charge < -0.3 is 14.5 Å². The zero-order valence-electron chi connectivity index (χ0n) is 13.2. The van der Waals surface area contributed by atoms with Crippen molar-refractivity contribution in [3.8, 4) is 11.8 Å². The molecule has 2 rings (SSSR count). The molecule has 0 saturated carbocycles. The fourth-order valence-corrected chi connectivity index (χ4v) is 1.93. The summed E-state index contributed by atoms with van der Waals surface area (Å²) in [7, 11) is 0. The monoisotopic (exact) mass is 288 g/mol. The molecule has 21 heavy (non-hydrogen) atoms. The molecule has 0 bridgehead atoms. The fourth-order valence-electron chi connectivity index (χ4n) is 1.93. The quantitative estimate of drug-likeness (QED) is 0.823. The number of aromatic nitrogens is 1. The number of rotatable bonds is 7. The SMILES string of the molecule is CC(C)CNCc1coc(Oc2ccc(C(C)C)cc2)n1. The molecule has 114 valence electrons. The van der Waals surface area contributed by atoms with Crippen molar-refractivity contribution >= 4 is 0 Å². The van der Waals surface area contributed by atoms with Gasteiger partial charge in [0.1, 0.15) is 12.0 Å². The van der Waals surface area contributed by atoms with Crippen LogP contribution in [0.5, 0.6) is 11.8 Å². The fraction of sp³-hybridized carbons (Fsp3) is 0.471. The molecule has 0 amide bonds. The molecule has 0 radical (unpaired) electrons. The van der Waals surface area contributed by atoms with Gasteiger partial charge in [-0.05, 0) is 36.1 Å². The first-order chi connectivity index (χ1) is 10.0. The van der Waals surface area contributed by atoms with E-state index in [1.807, 2.05) is 12.1 Å². The lowest BCUT2D eigenvalue weighted by atomic mass is 10.0. The molecule has 1 aromatic carbocycles. The molecule has 0 unspecified atom stereocenters. The van der Waals surface area contributed by atoms with Crippen molar-refractivity contribution in [2.24, 2.45) is 5.92 Å². The normalized spacial score (nSPS) is 11.3. The van der Waals surface area contributed by atoms with E-state index in [9.17, 15) is 0 Å². The van der Waals surface area contributed by atoms with E-state index in [4.69, 9.17) is 9.15 Å². The Bertz CT molecular complexity index is 544. The van der Waals surface area contributed by atoms with Crippen molar-refractivity contribution in [1.82, 2.24) is 10.3 Å². The van der Waals surface area contributed by atoms with Crippen LogP contribution >= 0.6 is 0 Å². The predicted molar refractivity (Wildman–Crippen MR) is 83.7 cm³/mol. The summed E-state index contributed by atoms with van der Waals surface area (Å²) < 4.78 is 10.9. The van der Waals surface area contributed by atoms with Gasteiger partial charge in [0.05, 0.1) is 5.69 Å². The third-order valence-corrected chi connectivity index (χ3v) is 3.14. The minimum atomic E-state index is 0.286. The molecule has 0 atom stereocenters. The van der Waals surface area contributed by atoms with E-state index in [0.717, 1.165) is 18.0 Å². The van der Waals surface area contributed by atoms with Crippen LogP contribution in [-0.4, -0.2) is 11.5 Å². The first-order valence-electron chi connectivity index (χ1n) is 7.47. The van der Waals surface area contributed by atoms with Crippen molar-refractivity contribution < 1.29 is 9.15 Å². The van der Waals surface area contributed by atoms with Crippen molar-refractivity contribution in [2.45, 2.75) is 40.2 Å². The Balaban J connectivity index is 1.89. The van der Waals surface area contributed by atoms with Gasteiger partial charge in [0.25, 0.3) is 0 Å². The van der Waals surface area contributed by atoms with E-state index in [-0.39, 0.29) is 6.08 Å². The molecule has 1 N–H and O–H groups in total. The van der Waals surface area contributed by atoms with Crippen molar-refractivity contribution in [1.29, 1.82) is 0 Å². The molecule has 0 aliphatic rings. The van der Waals surface area contributed by atoms with Gasteiger partial charge in [-0.25, -0.2) is 0 Å². The van der Waals surface area contributed by atoms with Crippen molar-refractivity contribution in [3.63, 3.8) is 0 Å². The minimum absolute atomic E-state index is 0.286. The van der Waals surface area contributed by atoms with Crippen molar-refractivity contribution in [3.05, 3.63) is 41.8 Å². The Labute approximate surface area is 126 Å². The summed E-state index contributed by atoms with van der Waals surface area (Å²) >= 11 is 0. The van der Waals surface area contributed by atoms with E-state index >= 15 is 0 Å². The first-order valence-corrected chi connectivity index (χ1v) is 7.47. The number of nitrogens with one attached hydrogen (secondary N) is 1. The summed E-state index contributed by atoms with van der Waals surface area (Å²) in [6, 6.07) is 8.01. The number of hydrogen-bond donors (Lipinski definition) is 1. The Hall–Kier alpha value is -1.81. The van der Waals surface area contributed by atoms with Gasteiger partial charge in [-0.3, -0.25) is 0 Å². The van der Waals surface area contributed by atoms with Gasteiger partial charge in [-0.1, -0.05) is 39.8 Å². The van der Waals surface area contributed by atoms with Crippen LogP contribution in [0.3, 0.4) is 0 Å². The number of benzene rings is 1. The highest BCUT2D eigenvalue weighted by Gasteiger charge is 2.07. The topological polar surface area (TPSA) is 47.3 Å². The van der Waals surface area contributed by atoms with Crippen LogP contribution in [0.2, 0.25) is 0 Å². The molecule has 0 saturated heterocycles. The smallest absolute Gasteiger partial charge is 0.399 e. The number of nitrogens with zero attached hydrogens (tertiary/aromatic N) is 1. The van der Waals surface area contributed by atoms with Crippen molar-refractivity contribution in [2.75, 3.05) is 6.54 Å². The van der Waals surface area contributed by atoms with Crippen LogP contribution in [0.1, 0.15) is 44.9 Å². The zero-order chi connectivity index (χ0) is 15.2. The summed E-state index contributed by atoms with van der Waals surface area (Å²) in [6.07, 6.45) is 1.92. The molecule has 0 fully saturated rings. The highest BCUT2D eigenvalue weighted by atomic mass is 16.6. The Kier molecular flexibility index (Phi) is 5.39. The van der Waals surface area contributed by atoms with Gasteiger partial charge in [0.15, 0.2) is 0 Å². The van der Waals surface area contributed by atoms with Gasteiger partial charge in [0.2, 0.25) is 0 Å². The van der Waals surface area contributed by atoms with E-state index in [2.05, 4.69) is 50.1 Å². The van der Waals surface area contributed by atoms with Crippen LogP contribution in [0.25, 0.3) is 0 Å². The number of hydrogen-bond acceptors (Lipinski definition) is 4. The van der Waals surface area contributed by atoms with E-state index < -0.39 is 0 Å². The summed E-state index contributed by atoms with van der Waals surface area (Å²) in [5, 5.41) is 3.32. The molecule has 1 heterocycles. The van der Waals surface area contributed by atoms with E-state index in [0.29, 0.717) is 18.4 Å². The first kappa shape index (κ1) is 15.6. The Morgan fingerprint density at radius 2 is 1.86 bits per heavy atom. The molecule has 1 aromatic heterocycles. The summed E-state index contributed by atoms with van der Waals surface area (Å²) in [5.74, 6) is 1.87. The predicted octanol–water partition coefficient (Wildman–Crippen LogP) is 4.34. The highest BCUT2D eigenvalue weighted by Crippen LogP contribution is 2.23. The van der Waals surface area contributed by atoms with Gasteiger partial charge in [-0.15, -0.1) is 0 Å². The molecular formula is C17H24N2O2. The third-order valence-electron chi connectivity index (χ3n) is 3.14. The second-order valence-corrected chi connectivity index (χ2v) is 5.96. The average molecular weight is 288 g/mol. The minimum Gasteiger partial charge on any atom is -0.417 e. The lowest BCUT2D eigenvalue weighted by Gasteiger charge is -2.06. The van der Waals surface area contributed by atoms with Gasteiger partial charge in [0, 0.05) is 6.54 Å². The Morgan fingerprint density at radius 3 is 2.48 bits per heavy atom. The summed E-state index contributed by atoms with van der Waals surface area (Å²) in [5.41, 5.74) is 2.14. The average Bonchev–Trinajstić information content (AvgIpc) is 2.86. The molecule has 2 aromatic rings. The van der Waals surface area contributed by atoms with E-state index in [1.54, 1.807) is 6.26 Å². The molecule has 4 heteroatoms. The molecular weight excluding hydrogens is 264 g/mol. The Morgan fingerprint density at radius 1 is 1.14 bits per heavy atom. The van der Waals surface area contributed by atoms with E-state index in [1.165, 1.54) is 5.56 Å².